The summed E-state index contributed by atoms with van der Waals surface area (Å²) < 4.78 is 17.0. The summed E-state index contributed by atoms with van der Waals surface area (Å²) in [5.74, 6) is 8.25. The van der Waals surface area contributed by atoms with Gasteiger partial charge in [0.15, 0.2) is 8.32 Å². The predicted octanol–water partition coefficient (Wildman–Crippen LogP) is 5.40. The number of hydrogen-bond acceptors (Lipinski definition) is 3. The highest BCUT2D eigenvalue weighted by Gasteiger charge is 2.36. The zero-order valence-electron chi connectivity index (χ0n) is 17.4. The molecule has 1 aromatic rings. The minimum absolute atomic E-state index is 0.232. The molecule has 0 fully saturated rings. The topological polar surface area (TPSA) is 27.7 Å². The first-order valence-corrected chi connectivity index (χ1v) is 11.7. The number of methoxy groups -OCH3 is 2. The van der Waals surface area contributed by atoms with E-state index in [4.69, 9.17) is 13.9 Å². The van der Waals surface area contributed by atoms with Crippen LogP contribution in [-0.2, 0) is 9.84 Å². The maximum atomic E-state index is 6.18. The van der Waals surface area contributed by atoms with Crippen LogP contribution in [0.4, 0.5) is 0 Å². The second kappa shape index (κ2) is 8.29. The molecule has 0 amide bonds. The molecule has 3 nitrogen and oxygen atoms in total. The number of ether oxygens (including phenoxy) is 2. The van der Waals surface area contributed by atoms with Gasteiger partial charge in [-0.25, -0.2) is 0 Å². The third kappa shape index (κ3) is 5.80. The molecule has 1 rings (SSSR count). The molecule has 0 bridgehead atoms. The molecule has 0 aliphatic heterocycles. The fraction of sp³-hybridized carbons (Fsp3) is 0.619. The number of rotatable bonds is 6. The molecule has 0 N–H and O–H groups in total. The van der Waals surface area contributed by atoms with Crippen molar-refractivity contribution in [2.75, 3.05) is 20.8 Å². The summed E-state index contributed by atoms with van der Waals surface area (Å²) in [7, 11) is 1.64. The van der Waals surface area contributed by atoms with Gasteiger partial charge in [0.05, 0.1) is 19.6 Å². The van der Waals surface area contributed by atoms with E-state index >= 15 is 0 Å². The van der Waals surface area contributed by atoms with Crippen molar-refractivity contribution in [2.24, 2.45) is 0 Å². The van der Waals surface area contributed by atoms with E-state index in [0.717, 1.165) is 23.5 Å². The molecule has 0 radical (unpaired) electrons. The Morgan fingerprint density at radius 1 is 1.00 bits per heavy atom. The lowest BCUT2D eigenvalue weighted by Crippen LogP contribution is -2.40. The molecule has 25 heavy (non-hydrogen) atoms. The Kier molecular flexibility index (Phi) is 7.16. The largest absolute Gasteiger partial charge is 0.497 e. The third-order valence-electron chi connectivity index (χ3n) is 4.98. The van der Waals surface area contributed by atoms with Gasteiger partial charge >= 0.3 is 0 Å². The van der Waals surface area contributed by atoms with Gasteiger partial charge in [0.25, 0.3) is 0 Å². The number of benzene rings is 1. The highest BCUT2D eigenvalue weighted by atomic mass is 28.4. The molecule has 0 unspecified atom stereocenters. The average molecular weight is 363 g/mol. The molecule has 0 saturated carbocycles. The van der Waals surface area contributed by atoms with E-state index in [0.29, 0.717) is 6.61 Å². The van der Waals surface area contributed by atoms with E-state index < -0.39 is 8.32 Å². The van der Waals surface area contributed by atoms with Gasteiger partial charge in [0, 0.05) is 24.7 Å². The Balaban J connectivity index is 2.79. The molecule has 1 aromatic carbocycles. The molecule has 0 aromatic heterocycles. The van der Waals surface area contributed by atoms with E-state index in [1.54, 1.807) is 14.2 Å². The highest BCUT2D eigenvalue weighted by molar-refractivity contribution is 6.74. The second-order valence-corrected chi connectivity index (χ2v) is 13.2. The zero-order valence-corrected chi connectivity index (χ0v) is 18.4. The molecule has 0 atom stereocenters. The summed E-state index contributed by atoms with van der Waals surface area (Å²) in [6.45, 7) is 16.2. The molecule has 140 valence electrons. The van der Waals surface area contributed by atoms with E-state index in [1.165, 1.54) is 0 Å². The van der Waals surface area contributed by atoms with Gasteiger partial charge in [-0.05, 0) is 38.0 Å². The Bertz CT molecular complexity index is 631. The van der Waals surface area contributed by atoms with Crippen LogP contribution >= 0.6 is 0 Å². The van der Waals surface area contributed by atoms with Crippen LogP contribution in [0.1, 0.15) is 46.6 Å². The van der Waals surface area contributed by atoms with Gasteiger partial charge in [-0.15, -0.1) is 5.92 Å². The van der Waals surface area contributed by atoms with Crippen LogP contribution in [-0.4, -0.2) is 29.1 Å². The average Bonchev–Trinajstić information content (AvgIpc) is 2.52. The Labute approximate surface area is 155 Å². The standard InChI is InChI=1S/C21H34O3Si/c1-20(2,3)25(8,9)24-15-11-10-14-21(4,5)18-13-12-17(22-6)16-19(18)23-7/h12-13,16H,11,15H2,1-9H3. The van der Waals surface area contributed by atoms with Crippen LogP contribution in [0.15, 0.2) is 18.2 Å². The van der Waals surface area contributed by atoms with Crippen molar-refractivity contribution in [3.05, 3.63) is 23.8 Å². The lowest BCUT2D eigenvalue weighted by atomic mass is 9.84. The van der Waals surface area contributed by atoms with Crippen molar-refractivity contribution in [1.82, 2.24) is 0 Å². The second-order valence-electron chi connectivity index (χ2n) is 8.35. The normalized spacial score (nSPS) is 12.4. The van der Waals surface area contributed by atoms with E-state index in [-0.39, 0.29) is 10.5 Å². The van der Waals surface area contributed by atoms with Gasteiger partial charge < -0.3 is 13.9 Å². The molecule has 0 aliphatic rings. The van der Waals surface area contributed by atoms with Crippen molar-refractivity contribution in [3.8, 4) is 23.3 Å². The lowest BCUT2D eigenvalue weighted by Gasteiger charge is -2.35. The Morgan fingerprint density at radius 3 is 2.16 bits per heavy atom. The van der Waals surface area contributed by atoms with Crippen LogP contribution in [0.2, 0.25) is 18.1 Å². The summed E-state index contributed by atoms with van der Waals surface area (Å²) >= 11 is 0. The van der Waals surface area contributed by atoms with Gasteiger partial charge in [-0.2, -0.15) is 0 Å². The minimum Gasteiger partial charge on any atom is -0.497 e. The lowest BCUT2D eigenvalue weighted by molar-refractivity contribution is 0.296. The Hall–Kier alpha value is -1.44. The molecule has 0 aliphatic carbocycles. The fourth-order valence-corrected chi connectivity index (χ4v) is 3.28. The molecular weight excluding hydrogens is 328 g/mol. The summed E-state index contributed by atoms with van der Waals surface area (Å²) in [6.07, 6.45) is 0.744. The van der Waals surface area contributed by atoms with Crippen LogP contribution < -0.4 is 9.47 Å². The quantitative estimate of drug-likeness (QED) is 0.385. The number of hydrogen-bond donors (Lipinski definition) is 0. The van der Waals surface area contributed by atoms with Crippen LogP contribution in [0.3, 0.4) is 0 Å². The van der Waals surface area contributed by atoms with E-state index in [9.17, 15) is 0 Å². The summed E-state index contributed by atoms with van der Waals surface area (Å²) in [6, 6.07) is 5.87. The van der Waals surface area contributed by atoms with E-state index in [1.807, 2.05) is 18.2 Å². The van der Waals surface area contributed by atoms with Crippen molar-refractivity contribution in [3.63, 3.8) is 0 Å². The van der Waals surface area contributed by atoms with Crippen LogP contribution in [0, 0.1) is 11.8 Å². The maximum Gasteiger partial charge on any atom is 0.192 e. The first-order chi connectivity index (χ1) is 11.4. The van der Waals surface area contributed by atoms with Gasteiger partial charge in [0.2, 0.25) is 0 Å². The van der Waals surface area contributed by atoms with Crippen molar-refractivity contribution < 1.29 is 13.9 Å². The van der Waals surface area contributed by atoms with Gasteiger partial charge in [-0.1, -0.05) is 32.8 Å². The van der Waals surface area contributed by atoms with Crippen molar-refractivity contribution in [1.29, 1.82) is 0 Å². The van der Waals surface area contributed by atoms with Crippen LogP contribution in [0.25, 0.3) is 0 Å². The predicted molar refractivity (Wildman–Crippen MR) is 108 cm³/mol. The maximum absolute atomic E-state index is 6.18. The summed E-state index contributed by atoms with van der Waals surface area (Å²) in [5, 5.41) is 0.232. The zero-order chi connectivity index (χ0) is 19.3. The van der Waals surface area contributed by atoms with Crippen LogP contribution in [0.5, 0.6) is 11.5 Å². The molecule has 4 heteroatoms. The molecule has 0 heterocycles. The first-order valence-electron chi connectivity index (χ1n) is 8.81. The molecule has 0 spiro atoms. The molecular formula is C21H34O3Si. The smallest absolute Gasteiger partial charge is 0.192 e. The van der Waals surface area contributed by atoms with Gasteiger partial charge in [-0.3, -0.25) is 0 Å². The van der Waals surface area contributed by atoms with Crippen molar-refractivity contribution in [2.45, 2.75) is 64.6 Å². The van der Waals surface area contributed by atoms with E-state index in [2.05, 4.69) is 59.6 Å². The third-order valence-corrected chi connectivity index (χ3v) is 9.52. The van der Waals surface area contributed by atoms with Crippen molar-refractivity contribution >= 4 is 8.32 Å². The summed E-state index contributed by atoms with van der Waals surface area (Å²) in [4.78, 5) is 0. The Morgan fingerprint density at radius 2 is 1.64 bits per heavy atom. The fourth-order valence-electron chi connectivity index (χ4n) is 2.24. The first kappa shape index (κ1) is 21.6. The van der Waals surface area contributed by atoms with Gasteiger partial charge in [0.1, 0.15) is 11.5 Å². The summed E-state index contributed by atoms with van der Waals surface area (Å²) in [5.41, 5.74) is 0.766. The molecule has 0 saturated heterocycles. The SMILES string of the molecule is COc1ccc(C(C)(C)C#CCCO[Si](C)(C)C(C)(C)C)c(OC)c1. The monoisotopic (exact) mass is 362 g/mol. The highest BCUT2D eigenvalue weighted by Crippen LogP contribution is 2.36. The minimum atomic E-state index is -1.69.